The predicted octanol–water partition coefficient (Wildman–Crippen LogP) is 4.37. The minimum absolute atomic E-state index is 0.225. The van der Waals surface area contributed by atoms with Crippen LogP contribution in [-0.4, -0.2) is 39.2 Å². The van der Waals surface area contributed by atoms with E-state index in [1.807, 2.05) is 33.9 Å². The van der Waals surface area contributed by atoms with E-state index in [1.165, 1.54) is 5.39 Å². The Morgan fingerprint density at radius 2 is 2.09 bits per heavy atom. The first-order valence-electron chi connectivity index (χ1n) is 7.83. The van der Waals surface area contributed by atoms with Crippen LogP contribution in [0.2, 0.25) is 0 Å². The molecule has 2 aromatic heterocycles. The fourth-order valence-electron chi connectivity index (χ4n) is 2.96. The van der Waals surface area contributed by atoms with Crippen LogP contribution in [0.25, 0.3) is 10.9 Å². The summed E-state index contributed by atoms with van der Waals surface area (Å²) in [5.41, 5.74) is 0.664. The third-order valence-electron chi connectivity index (χ3n) is 4.29. The maximum Gasteiger partial charge on any atom is 0.410 e. The zero-order valence-corrected chi connectivity index (χ0v) is 15.5. The predicted molar refractivity (Wildman–Crippen MR) is 93.5 cm³/mol. The highest BCUT2D eigenvalue weighted by Gasteiger charge is 2.37. The number of nitrogens with zero attached hydrogens (tertiary/aromatic N) is 3. The highest BCUT2D eigenvalue weighted by atomic mass is 79.9. The molecule has 6 heteroatoms. The Hall–Kier alpha value is -1.56. The number of carbonyl (C=O) groups is 1. The fraction of sp³-hybridized carbons (Fsp3) is 0.529. The van der Waals surface area contributed by atoms with Crippen LogP contribution in [0.1, 0.15) is 39.7 Å². The average molecular weight is 380 g/mol. The molecule has 0 bridgehead atoms. The molecule has 124 valence electrons. The monoisotopic (exact) mass is 379 g/mol. The lowest BCUT2D eigenvalue weighted by Gasteiger charge is -2.42. The zero-order valence-electron chi connectivity index (χ0n) is 13.9. The molecule has 0 saturated heterocycles. The number of halogens is 1. The summed E-state index contributed by atoms with van der Waals surface area (Å²) in [7, 11) is 1.82. The lowest BCUT2D eigenvalue weighted by molar-refractivity contribution is 0.00812. The Balaban J connectivity index is 1.68. The van der Waals surface area contributed by atoms with Crippen LogP contribution in [0.15, 0.2) is 29.1 Å². The molecule has 1 amide bonds. The van der Waals surface area contributed by atoms with Gasteiger partial charge in [-0.3, -0.25) is 0 Å². The van der Waals surface area contributed by atoms with E-state index in [0.29, 0.717) is 6.04 Å². The van der Waals surface area contributed by atoms with Crippen molar-refractivity contribution in [3.05, 3.63) is 29.1 Å². The van der Waals surface area contributed by atoms with Gasteiger partial charge in [0.15, 0.2) is 0 Å². The summed E-state index contributed by atoms with van der Waals surface area (Å²) >= 11 is 3.53. The van der Waals surface area contributed by atoms with Gasteiger partial charge in [-0.1, -0.05) is 0 Å². The number of hydrogen-bond acceptors (Lipinski definition) is 3. The highest BCUT2D eigenvalue weighted by Crippen LogP contribution is 2.39. The van der Waals surface area contributed by atoms with E-state index in [1.54, 1.807) is 11.1 Å². The molecule has 2 aromatic rings. The maximum atomic E-state index is 12.1. The smallest absolute Gasteiger partial charge is 0.410 e. The normalized spacial score (nSPS) is 21.1. The molecule has 5 nitrogen and oxygen atoms in total. The van der Waals surface area contributed by atoms with Gasteiger partial charge in [0, 0.05) is 36.9 Å². The highest BCUT2D eigenvalue weighted by molar-refractivity contribution is 9.10. The van der Waals surface area contributed by atoms with E-state index in [-0.39, 0.29) is 12.1 Å². The largest absolute Gasteiger partial charge is 0.444 e. The number of hydrogen-bond donors (Lipinski definition) is 0. The van der Waals surface area contributed by atoms with Crippen molar-refractivity contribution in [2.24, 2.45) is 0 Å². The summed E-state index contributed by atoms with van der Waals surface area (Å²) in [6, 6.07) is 4.73. The molecule has 0 atom stereocenters. The van der Waals surface area contributed by atoms with Crippen molar-refractivity contribution < 1.29 is 9.53 Å². The van der Waals surface area contributed by atoms with Crippen LogP contribution in [0.3, 0.4) is 0 Å². The molecule has 0 spiro atoms. The minimum Gasteiger partial charge on any atom is -0.444 e. The van der Waals surface area contributed by atoms with Gasteiger partial charge in [-0.05, 0) is 61.7 Å². The van der Waals surface area contributed by atoms with E-state index in [0.717, 1.165) is 23.0 Å². The Bertz CT molecular complexity index is 729. The van der Waals surface area contributed by atoms with Crippen LogP contribution in [-0.2, 0) is 4.74 Å². The summed E-state index contributed by atoms with van der Waals surface area (Å²) in [6.07, 6.45) is 5.52. The molecule has 0 N–H and O–H groups in total. The van der Waals surface area contributed by atoms with E-state index in [2.05, 4.69) is 37.7 Å². The van der Waals surface area contributed by atoms with Crippen molar-refractivity contribution in [1.29, 1.82) is 0 Å². The number of aromatic nitrogens is 2. The second kappa shape index (κ2) is 5.82. The van der Waals surface area contributed by atoms with Crippen molar-refractivity contribution in [2.45, 2.75) is 51.3 Å². The number of carbonyl (C=O) groups excluding carboxylic acids is 1. The van der Waals surface area contributed by atoms with Gasteiger partial charge < -0.3 is 14.2 Å². The van der Waals surface area contributed by atoms with Crippen LogP contribution in [0, 0.1) is 0 Å². The van der Waals surface area contributed by atoms with E-state index >= 15 is 0 Å². The molecular weight excluding hydrogens is 358 g/mol. The van der Waals surface area contributed by atoms with Crippen LogP contribution >= 0.6 is 15.9 Å². The van der Waals surface area contributed by atoms with Gasteiger partial charge in [-0.25, -0.2) is 9.78 Å². The van der Waals surface area contributed by atoms with E-state index in [4.69, 9.17) is 4.74 Å². The average Bonchev–Trinajstić information content (AvgIpc) is 2.80. The summed E-state index contributed by atoms with van der Waals surface area (Å²) in [4.78, 5) is 18.2. The Kier molecular flexibility index (Phi) is 4.12. The summed E-state index contributed by atoms with van der Waals surface area (Å²) < 4.78 is 8.55. The molecule has 0 aromatic carbocycles. The zero-order chi connectivity index (χ0) is 16.8. The summed E-state index contributed by atoms with van der Waals surface area (Å²) in [5, 5.41) is 1.18. The van der Waals surface area contributed by atoms with Crippen molar-refractivity contribution in [3.63, 3.8) is 0 Å². The molecular formula is C17H22BrN3O2. The number of fused-ring (bicyclic) bond motifs is 1. The number of ether oxygens (including phenoxy) is 1. The first kappa shape index (κ1) is 16.3. The Labute approximate surface area is 144 Å². The molecule has 23 heavy (non-hydrogen) atoms. The third-order valence-corrected chi connectivity index (χ3v) is 4.87. The second-order valence-corrected chi connectivity index (χ2v) is 7.88. The summed E-state index contributed by atoms with van der Waals surface area (Å²) in [5.74, 6) is 0. The number of amides is 1. The fourth-order valence-corrected chi connectivity index (χ4v) is 3.51. The Morgan fingerprint density at radius 3 is 2.74 bits per heavy atom. The van der Waals surface area contributed by atoms with E-state index < -0.39 is 5.60 Å². The lowest BCUT2D eigenvalue weighted by atomic mass is 9.85. The van der Waals surface area contributed by atoms with Crippen molar-refractivity contribution in [2.75, 3.05) is 7.05 Å². The van der Waals surface area contributed by atoms with Crippen LogP contribution in [0.5, 0.6) is 0 Å². The van der Waals surface area contributed by atoms with Gasteiger partial charge >= 0.3 is 6.09 Å². The second-order valence-electron chi connectivity index (χ2n) is 7.13. The molecule has 1 aliphatic rings. The van der Waals surface area contributed by atoms with Crippen molar-refractivity contribution >= 4 is 32.9 Å². The van der Waals surface area contributed by atoms with Crippen LogP contribution < -0.4 is 0 Å². The summed E-state index contributed by atoms with van der Waals surface area (Å²) in [6.45, 7) is 5.66. The van der Waals surface area contributed by atoms with Gasteiger partial charge in [-0.2, -0.15) is 0 Å². The quantitative estimate of drug-likeness (QED) is 0.727. The topological polar surface area (TPSA) is 47.4 Å². The lowest BCUT2D eigenvalue weighted by Crippen LogP contribution is -2.47. The minimum atomic E-state index is -0.457. The molecule has 0 radical (unpaired) electrons. The SMILES string of the molecule is CN(C(=O)OC(C)(C)C)[C@H]1C[C@@H](n2ccc3ccnc(Br)c32)C1. The Morgan fingerprint density at radius 1 is 1.39 bits per heavy atom. The number of pyridine rings is 1. The van der Waals surface area contributed by atoms with Crippen molar-refractivity contribution in [3.8, 4) is 0 Å². The van der Waals surface area contributed by atoms with Gasteiger partial charge in [0.05, 0.1) is 5.52 Å². The van der Waals surface area contributed by atoms with Gasteiger partial charge in [0.1, 0.15) is 10.2 Å². The number of rotatable bonds is 2. The van der Waals surface area contributed by atoms with Crippen LogP contribution in [0.4, 0.5) is 4.79 Å². The van der Waals surface area contributed by atoms with Crippen molar-refractivity contribution in [1.82, 2.24) is 14.5 Å². The molecule has 1 fully saturated rings. The standard InChI is InChI=1S/C17H22BrN3O2/c1-17(2,3)23-16(22)20(4)12-9-13(10-12)21-8-6-11-5-7-19-15(18)14(11)21/h5-8,12-13H,9-10H2,1-4H3/t12-,13+. The molecule has 3 rings (SSSR count). The third kappa shape index (κ3) is 3.22. The molecule has 1 saturated carbocycles. The maximum absolute atomic E-state index is 12.1. The molecule has 2 heterocycles. The first-order chi connectivity index (χ1) is 10.8. The van der Waals surface area contributed by atoms with Gasteiger partial charge in [-0.15, -0.1) is 0 Å². The first-order valence-corrected chi connectivity index (χ1v) is 8.62. The molecule has 0 aliphatic heterocycles. The molecule has 1 aliphatic carbocycles. The molecule has 0 unspecified atom stereocenters. The van der Waals surface area contributed by atoms with Gasteiger partial charge in [0.2, 0.25) is 0 Å². The van der Waals surface area contributed by atoms with E-state index in [9.17, 15) is 4.79 Å². The van der Waals surface area contributed by atoms with Gasteiger partial charge in [0.25, 0.3) is 0 Å².